The quantitative estimate of drug-likeness (QED) is 0.248. The fourth-order valence-corrected chi connectivity index (χ4v) is 7.33. The zero-order valence-corrected chi connectivity index (χ0v) is 25.5. The van der Waals surface area contributed by atoms with Gasteiger partial charge in [-0.25, -0.2) is 8.42 Å². The van der Waals surface area contributed by atoms with Crippen LogP contribution in [0.4, 0.5) is 5.69 Å². The summed E-state index contributed by atoms with van der Waals surface area (Å²) in [6.07, 6.45) is 2.10. The molecule has 0 aliphatic rings. The number of carbonyl (C=O) groups is 2. The third kappa shape index (κ3) is 7.85. The van der Waals surface area contributed by atoms with Crippen molar-refractivity contribution >= 4 is 50.7 Å². The first-order valence-electron chi connectivity index (χ1n) is 12.5. The van der Waals surface area contributed by atoms with Crippen LogP contribution in [0.1, 0.15) is 27.9 Å². The van der Waals surface area contributed by atoms with E-state index in [1.807, 2.05) is 43.5 Å². The number of hydrogen-bond acceptors (Lipinski definition) is 7. The molecule has 0 radical (unpaired) electrons. The number of para-hydroxylation sites is 1. The van der Waals surface area contributed by atoms with Crippen molar-refractivity contribution in [1.29, 1.82) is 0 Å². The maximum absolute atomic E-state index is 13.7. The molecule has 1 amide bonds. The van der Waals surface area contributed by atoms with Gasteiger partial charge in [0.15, 0.2) is 0 Å². The number of nitrogens with zero attached hydrogens (tertiary/aromatic N) is 1. The van der Waals surface area contributed by atoms with Crippen LogP contribution in [-0.2, 0) is 21.4 Å². The number of anilines is 1. The SMILES string of the molecule is CSCCC(NC(=O)c1ccc(CN(c2ccccc2)S(=O)(=O)c2cccs2)cc1-c1ccccc1C)C(=O)[O-].[Li+]. The number of sulfonamides is 1. The number of amides is 1. The van der Waals surface area contributed by atoms with E-state index in [9.17, 15) is 23.1 Å². The largest absolute Gasteiger partial charge is 1.00 e. The van der Waals surface area contributed by atoms with E-state index in [-0.39, 0.29) is 36.0 Å². The zero-order valence-electron chi connectivity index (χ0n) is 23.1. The molecule has 41 heavy (non-hydrogen) atoms. The van der Waals surface area contributed by atoms with Crippen molar-refractivity contribution in [3.05, 3.63) is 107 Å². The van der Waals surface area contributed by atoms with Gasteiger partial charge in [-0.3, -0.25) is 9.10 Å². The fourth-order valence-electron chi connectivity index (χ4n) is 4.30. The van der Waals surface area contributed by atoms with Gasteiger partial charge in [-0.15, -0.1) is 11.3 Å². The number of hydrogen-bond donors (Lipinski definition) is 1. The molecule has 1 heterocycles. The fraction of sp³-hybridized carbons (Fsp3) is 0.200. The average Bonchev–Trinajstić information content (AvgIpc) is 3.50. The van der Waals surface area contributed by atoms with E-state index in [0.717, 1.165) is 22.5 Å². The van der Waals surface area contributed by atoms with Crippen molar-refractivity contribution in [2.75, 3.05) is 16.3 Å². The van der Waals surface area contributed by atoms with Crippen LogP contribution < -0.4 is 33.6 Å². The number of carbonyl (C=O) groups excluding carboxylic acids is 2. The summed E-state index contributed by atoms with van der Waals surface area (Å²) in [7, 11) is -3.86. The number of thiophene rings is 1. The molecule has 3 aromatic carbocycles. The third-order valence-electron chi connectivity index (χ3n) is 6.37. The maximum Gasteiger partial charge on any atom is 1.00 e. The predicted octanol–water partition coefficient (Wildman–Crippen LogP) is 1.72. The van der Waals surface area contributed by atoms with Gasteiger partial charge in [0, 0.05) is 5.56 Å². The van der Waals surface area contributed by atoms with Crippen molar-refractivity contribution in [1.82, 2.24) is 5.32 Å². The van der Waals surface area contributed by atoms with E-state index < -0.39 is 27.9 Å². The number of rotatable bonds is 12. The topological polar surface area (TPSA) is 107 Å². The zero-order chi connectivity index (χ0) is 28.7. The van der Waals surface area contributed by atoms with Gasteiger partial charge in [-0.2, -0.15) is 11.8 Å². The summed E-state index contributed by atoms with van der Waals surface area (Å²) >= 11 is 2.63. The number of carboxylic acid groups (broad SMARTS) is 1. The second-order valence-electron chi connectivity index (χ2n) is 9.10. The Labute approximate surface area is 261 Å². The number of aryl methyl sites for hydroxylation is 1. The molecule has 208 valence electrons. The molecule has 1 atom stereocenters. The van der Waals surface area contributed by atoms with Crippen LogP contribution in [0.3, 0.4) is 0 Å². The van der Waals surface area contributed by atoms with Crippen LogP contribution in [0, 0.1) is 6.92 Å². The van der Waals surface area contributed by atoms with E-state index in [4.69, 9.17) is 0 Å². The van der Waals surface area contributed by atoms with Crippen LogP contribution >= 0.6 is 23.1 Å². The molecule has 0 bridgehead atoms. The number of benzene rings is 3. The maximum atomic E-state index is 13.7. The number of aliphatic carboxylic acids is 1. The van der Waals surface area contributed by atoms with Crippen LogP contribution in [0.5, 0.6) is 0 Å². The Bertz CT molecular complexity index is 1580. The standard InChI is InChI=1S/C30H30N2O5S3.Li/c1-21-9-6-7-12-24(21)26-19-22(14-15-25(26)29(33)31-27(30(34)35)16-18-38-2)20-32(23-10-4-3-5-11-23)40(36,37)28-13-8-17-39-28;/h3-15,17,19,27H,16,18,20H2,1-2H3,(H,31,33)(H,34,35);/q;+1/p-1. The van der Waals surface area contributed by atoms with Gasteiger partial charge in [-0.1, -0.05) is 54.6 Å². The van der Waals surface area contributed by atoms with Crippen molar-refractivity contribution in [2.45, 2.75) is 30.1 Å². The minimum absolute atomic E-state index is 0. The molecule has 1 unspecified atom stereocenters. The molecule has 0 spiro atoms. The second-order valence-corrected chi connectivity index (χ2v) is 13.1. The predicted molar refractivity (Wildman–Crippen MR) is 160 cm³/mol. The van der Waals surface area contributed by atoms with Gasteiger partial charge in [-0.05, 0) is 83.3 Å². The van der Waals surface area contributed by atoms with E-state index in [2.05, 4.69) is 5.32 Å². The number of thioether (sulfide) groups is 1. The Kier molecular flexibility index (Phi) is 11.7. The average molecular weight is 601 g/mol. The summed E-state index contributed by atoms with van der Waals surface area (Å²) in [6, 6.07) is 23.7. The van der Waals surface area contributed by atoms with Gasteiger partial charge in [0.25, 0.3) is 15.9 Å². The molecule has 0 saturated heterocycles. The van der Waals surface area contributed by atoms with Crippen LogP contribution in [0.2, 0.25) is 0 Å². The van der Waals surface area contributed by atoms with E-state index in [0.29, 0.717) is 28.1 Å². The van der Waals surface area contributed by atoms with E-state index >= 15 is 0 Å². The molecular formula is C30H29LiN2O5S3. The number of nitrogens with one attached hydrogen (secondary N) is 1. The summed E-state index contributed by atoms with van der Waals surface area (Å²) in [5, 5.41) is 16.0. The summed E-state index contributed by atoms with van der Waals surface area (Å²) < 4.78 is 28.9. The van der Waals surface area contributed by atoms with Crippen LogP contribution in [-0.4, -0.2) is 38.3 Å². The first-order valence-corrected chi connectivity index (χ1v) is 16.2. The van der Waals surface area contributed by atoms with Gasteiger partial charge < -0.3 is 15.2 Å². The minimum Gasteiger partial charge on any atom is -0.548 e. The van der Waals surface area contributed by atoms with Gasteiger partial charge in [0.2, 0.25) is 0 Å². The first-order chi connectivity index (χ1) is 19.2. The molecule has 1 aromatic heterocycles. The van der Waals surface area contributed by atoms with Crippen molar-refractivity contribution < 1.29 is 42.0 Å². The Morgan fingerprint density at radius 2 is 1.68 bits per heavy atom. The normalized spacial score (nSPS) is 11.8. The first kappa shape index (κ1) is 32.5. The van der Waals surface area contributed by atoms with Crippen molar-refractivity contribution in [3.8, 4) is 11.1 Å². The molecule has 0 saturated carbocycles. The summed E-state index contributed by atoms with van der Waals surface area (Å²) in [6.45, 7) is 1.95. The van der Waals surface area contributed by atoms with Crippen LogP contribution in [0.15, 0.2) is 94.5 Å². The molecule has 0 aliphatic heterocycles. The van der Waals surface area contributed by atoms with Gasteiger partial charge in [0.05, 0.1) is 24.2 Å². The Hall–Kier alpha value is -3.00. The van der Waals surface area contributed by atoms with Crippen LogP contribution in [0.25, 0.3) is 11.1 Å². The molecule has 0 fully saturated rings. The second kappa shape index (κ2) is 14.8. The molecule has 4 aromatic rings. The number of carboxylic acids is 1. The summed E-state index contributed by atoms with van der Waals surface area (Å²) in [5.74, 6) is -1.32. The molecule has 7 nitrogen and oxygen atoms in total. The summed E-state index contributed by atoms with van der Waals surface area (Å²) in [5.41, 5.74) is 3.76. The molecular weight excluding hydrogens is 571 g/mol. The Balaban J connectivity index is 0.00000462. The monoisotopic (exact) mass is 600 g/mol. The molecule has 0 aliphatic carbocycles. The molecule has 11 heteroatoms. The van der Waals surface area contributed by atoms with Gasteiger partial charge >= 0.3 is 18.9 Å². The van der Waals surface area contributed by atoms with E-state index in [1.54, 1.807) is 60.0 Å². The van der Waals surface area contributed by atoms with Crippen molar-refractivity contribution in [2.24, 2.45) is 0 Å². The third-order valence-corrected chi connectivity index (χ3v) is 10.2. The summed E-state index contributed by atoms with van der Waals surface area (Å²) in [4.78, 5) is 25.1. The van der Waals surface area contributed by atoms with E-state index in [1.165, 1.54) is 16.1 Å². The molecule has 1 N–H and O–H groups in total. The minimum atomic E-state index is -3.86. The van der Waals surface area contributed by atoms with Crippen molar-refractivity contribution in [3.63, 3.8) is 0 Å². The Morgan fingerprint density at radius 3 is 2.32 bits per heavy atom. The molecule has 4 rings (SSSR count). The smallest absolute Gasteiger partial charge is 0.548 e. The van der Waals surface area contributed by atoms with Gasteiger partial charge in [0.1, 0.15) is 4.21 Å². The Morgan fingerprint density at radius 1 is 0.976 bits per heavy atom.